The van der Waals surface area contributed by atoms with Crippen molar-refractivity contribution in [3.05, 3.63) is 58.1 Å². The van der Waals surface area contributed by atoms with Gasteiger partial charge >= 0.3 is 0 Å². The third-order valence-corrected chi connectivity index (χ3v) is 3.57. The molecule has 21 heavy (non-hydrogen) atoms. The van der Waals surface area contributed by atoms with Crippen LogP contribution in [0.25, 0.3) is 0 Å². The van der Waals surface area contributed by atoms with E-state index in [0.717, 1.165) is 5.56 Å². The van der Waals surface area contributed by atoms with Crippen molar-refractivity contribution in [1.82, 2.24) is 0 Å². The summed E-state index contributed by atoms with van der Waals surface area (Å²) in [6.45, 7) is 0. The van der Waals surface area contributed by atoms with Gasteiger partial charge in [-0.2, -0.15) is 0 Å². The molecule has 0 unspecified atom stereocenters. The number of carbonyl (C=O) groups excluding carboxylic acids is 1. The summed E-state index contributed by atoms with van der Waals surface area (Å²) in [5.41, 5.74) is 7.08. The number of phenolic OH excluding ortho intramolecular Hbond substituents is 1. The quantitative estimate of drug-likeness (QED) is 0.808. The number of aromatic hydroxyl groups is 1. The van der Waals surface area contributed by atoms with Crippen molar-refractivity contribution in [3.8, 4) is 5.75 Å². The van der Waals surface area contributed by atoms with Crippen LogP contribution in [0, 0.1) is 0 Å². The van der Waals surface area contributed by atoms with Gasteiger partial charge in [0, 0.05) is 0 Å². The van der Waals surface area contributed by atoms with Crippen LogP contribution in [0.1, 0.15) is 5.56 Å². The lowest BCUT2D eigenvalue weighted by Crippen LogP contribution is -2.37. The second-order valence-corrected chi connectivity index (χ2v) is 5.38. The molecule has 110 valence electrons. The van der Waals surface area contributed by atoms with E-state index in [0.29, 0.717) is 22.2 Å². The highest BCUT2D eigenvalue weighted by Crippen LogP contribution is 2.29. The van der Waals surface area contributed by atoms with Crippen LogP contribution in [-0.4, -0.2) is 17.1 Å². The summed E-state index contributed by atoms with van der Waals surface area (Å²) < 4.78 is 0. The van der Waals surface area contributed by atoms with Gasteiger partial charge in [0.1, 0.15) is 5.75 Å². The van der Waals surface area contributed by atoms with E-state index in [1.807, 2.05) is 0 Å². The third kappa shape index (κ3) is 4.11. The number of amides is 1. The van der Waals surface area contributed by atoms with E-state index < -0.39 is 6.04 Å². The molecule has 0 bridgehead atoms. The molecule has 0 heterocycles. The first-order chi connectivity index (χ1) is 9.97. The van der Waals surface area contributed by atoms with Gasteiger partial charge in [-0.25, -0.2) is 0 Å². The standard InChI is InChI=1S/C15H14Cl2N2O2/c16-11-2-1-3-12(17)14(11)19-15(21)13(18)8-9-4-6-10(20)7-5-9/h1-7,13,20H,8,18H2,(H,19,21)/t13-/m0/s1. The average molecular weight is 325 g/mol. The summed E-state index contributed by atoms with van der Waals surface area (Å²) in [5, 5.41) is 12.6. The van der Waals surface area contributed by atoms with Crippen LogP contribution in [-0.2, 0) is 11.2 Å². The Bertz CT molecular complexity index is 624. The lowest BCUT2D eigenvalue weighted by molar-refractivity contribution is -0.117. The maximum atomic E-state index is 12.1. The number of hydrogen-bond donors (Lipinski definition) is 3. The van der Waals surface area contributed by atoms with Crippen molar-refractivity contribution >= 4 is 34.8 Å². The Morgan fingerprint density at radius 1 is 1.14 bits per heavy atom. The number of phenols is 1. The molecule has 0 aliphatic heterocycles. The predicted molar refractivity (Wildman–Crippen MR) is 84.9 cm³/mol. The number of carbonyl (C=O) groups is 1. The van der Waals surface area contributed by atoms with Crippen molar-refractivity contribution < 1.29 is 9.90 Å². The molecule has 2 aromatic rings. The van der Waals surface area contributed by atoms with Crippen molar-refractivity contribution in [2.45, 2.75) is 12.5 Å². The van der Waals surface area contributed by atoms with Gasteiger partial charge in [-0.3, -0.25) is 4.79 Å². The second-order valence-electron chi connectivity index (χ2n) is 4.56. The lowest BCUT2D eigenvalue weighted by atomic mass is 10.1. The fourth-order valence-electron chi connectivity index (χ4n) is 1.81. The van der Waals surface area contributed by atoms with E-state index in [9.17, 15) is 9.90 Å². The van der Waals surface area contributed by atoms with Crippen molar-refractivity contribution in [1.29, 1.82) is 0 Å². The Kier molecular flexibility index (Phi) is 5.07. The van der Waals surface area contributed by atoms with E-state index in [1.54, 1.807) is 42.5 Å². The molecule has 6 heteroatoms. The maximum Gasteiger partial charge on any atom is 0.241 e. The molecular weight excluding hydrogens is 311 g/mol. The van der Waals surface area contributed by atoms with E-state index >= 15 is 0 Å². The minimum atomic E-state index is -0.748. The van der Waals surface area contributed by atoms with Crippen LogP contribution in [0.2, 0.25) is 10.0 Å². The van der Waals surface area contributed by atoms with Crippen LogP contribution < -0.4 is 11.1 Å². The van der Waals surface area contributed by atoms with Gasteiger partial charge in [0.05, 0.1) is 21.8 Å². The molecule has 0 saturated carbocycles. The Hall–Kier alpha value is -1.75. The zero-order valence-corrected chi connectivity index (χ0v) is 12.5. The summed E-state index contributed by atoms with van der Waals surface area (Å²) >= 11 is 12.0. The summed E-state index contributed by atoms with van der Waals surface area (Å²) in [5.74, 6) is -0.210. The fourth-order valence-corrected chi connectivity index (χ4v) is 2.30. The average Bonchev–Trinajstić information content (AvgIpc) is 2.45. The minimum Gasteiger partial charge on any atom is -0.508 e. The Morgan fingerprint density at radius 3 is 2.29 bits per heavy atom. The van der Waals surface area contributed by atoms with Gasteiger partial charge in [0.25, 0.3) is 0 Å². The topological polar surface area (TPSA) is 75.3 Å². The number of halogens is 2. The van der Waals surface area contributed by atoms with Gasteiger partial charge in [0.15, 0.2) is 0 Å². The highest BCUT2D eigenvalue weighted by atomic mass is 35.5. The molecule has 4 nitrogen and oxygen atoms in total. The van der Waals surface area contributed by atoms with Gasteiger partial charge in [0.2, 0.25) is 5.91 Å². The largest absolute Gasteiger partial charge is 0.508 e. The summed E-state index contributed by atoms with van der Waals surface area (Å²) in [4.78, 5) is 12.1. The molecular formula is C15H14Cl2N2O2. The number of anilines is 1. The normalized spacial score (nSPS) is 12.0. The zero-order chi connectivity index (χ0) is 15.4. The van der Waals surface area contributed by atoms with Crippen LogP contribution in [0.5, 0.6) is 5.75 Å². The van der Waals surface area contributed by atoms with E-state index in [2.05, 4.69) is 5.32 Å². The molecule has 0 aliphatic carbocycles. The Labute approximate surface area is 132 Å². The number of benzene rings is 2. The molecule has 2 rings (SSSR count). The van der Waals surface area contributed by atoms with Gasteiger partial charge < -0.3 is 16.2 Å². The number of rotatable bonds is 4. The SMILES string of the molecule is N[C@@H](Cc1ccc(O)cc1)C(=O)Nc1c(Cl)cccc1Cl. The van der Waals surface area contributed by atoms with E-state index in [1.165, 1.54) is 0 Å². The van der Waals surface area contributed by atoms with Crippen molar-refractivity contribution in [2.24, 2.45) is 5.73 Å². The predicted octanol–water partition coefficient (Wildman–Crippen LogP) is 3.21. The highest BCUT2D eigenvalue weighted by Gasteiger charge is 2.17. The maximum absolute atomic E-state index is 12.1. The Morgan fingerprint density at radius 2 is 1.71 bits per heavy atom. The molecule has 0 aliphatic rings. The van der Waals surface area contributed by atoms with E-state index in [4.69, 9.17) is 28.9 Å². The molecule has 0 spiro atoms. The molecule has 1 atom stereocenters. The minimum absolute atomic E-state index is 0.166. The molecule has 0 fully saturated rings. The highest BCUT2D eigenvalue weighted by molar-refractivity contribution is 6.39. The van der Waals surface area contributed by atoms with Crippen LogP contribution in [0.3, 0.4) is 0 Å². The summed E-state index contributed by atoms with van der Waals surface area (Å²) in [6, 6.07) is 10.7. The number of nitrogens with two attached hydrogens (primary N) is 1. The van der Waals surface area contributed by atoms with E-state index in [-0.39, 0.29) is 11.7 Å². The molecule has 0 saturated heterocycles. The van der Waals surface area contributed by atoms with Crippen molar-refractivity contribution in [3.63, 3.8) is 0 Å². The molecule has 0 aromatic heterocycles. The summed E-state index contributed by atoms with van der Waals surface area (Å²) in [7, 11) is 0. The van der Waals surface area contributed by atoms with Crippen LogP contribution in [0.15, 0.2) is 42.5 Å². The third-order valence-electron chi connectivity index (χ3n) is 2.94. The number of para-hydroxylation sites is 1. The molecule has 1 amide bonds. The van der Waals surface area contributed by atoms with Gasteiger partial charge in [-0.05, 0) is 36.2 Å². The first kappa shape index (κ1) is 15.6. The Balaban J connectivity index is 2.04. The van der Waals surface area contributed by atoms with Crippen LogP contribution >= 0.6 is 23.2 Å². The van der Waals surface area contributed by atoms with Crippen molar-refractivity contribution in [2.75, 3.05) is 5.32 Å². The lowest BCUT2D eigenvalue weighted by Gasteiger charge is -2.14. The number of nitrogens with one attached hydrogen (secondary N) is 1. The molecule has 2 aromatic carbocycles. The zero-order valence-electron chi connectivity index (χ0n) is 11.0. The van der Waals surface area contributed by atoms with Gasteiger partial charge in [-0.1, -0.05) is 41.4 Å². The first-order valence-corrected chi connectivity index (χ1v) is 7.01. The second kappa shape index (κ2) is 6.80. The van der Waals surface area contributed by atoms with Crippen LogP contribution in [0.4, 0.5) is 5.69 Å². The molecule has 4 N–H and O–H groups in total. The molecule has 0 radical (unpaired) electrons. The smallest absolute Gasteiger partial charge is 0.241 e. The first-order valence-electron chi connectivity index (χ1n) is 6.25. The number of hydrogen-bond acceptors (Lipinski definition) is 3. The van der Waals surface area contributed by atoms with Gasteiger partial charge in [-0.15, -0.1) is 0 Å². The monoisotopic (exact) mass is 324 g/mol. The fraction of sp³-hybridized carbons (Fsp3) is 0.133. The summed E-state index contributed by atoms with van der Waals surface area (Å²) in [6.07, 6.45) is 0.341.